The number of amides is 1. The van der Waals surface area contributed by atoms with Gasteiger partial charge < -0.3 is 24.1 Å². The number of hydrogen-bond donors (Lipinski definition) is 1. The van der Waals surface area contributed by atoms with Gasteiger partial charge in [-0.3, -0.25) is 9.59 Å². The minimum absolute atomic E-state index is 0. The minimum Gasteiger partial charge on any atom is -0.493 e. The van der Waals surface area contributed by atoms with Crippen LogP contribution in [0.15, 0.2) is 75.9 Å². The van der Waals surface area contributed by atoms with E-state index in [0.29, 0.717) is 53.3 Å². The Morgan fingerprint density at radius 1 is 1.02 bits per heavy atom. The summed E-state index contributed by atoms with van der Waals surface area (Å²) in [6, 6.07) is 22.8. The number of methoxy groups -OCH3 is 2. The van der Waals surface area contributed by atoms with Crippen LogP contribution in [-0.4, -0.2) is 51.7 Å². The van der Waals surface area contributed by atoms with Crippen LogP contribution in [0, 0.1) is 24.2 Å². The van der Waals surface area contributed by atoms with Crippen molar-refractivity contribution in [2.75, 3.05) is 40.9 Å². The van der Waals surface area contributed by atoms with E-state index in [1.807, 2.05) is 55.6 Å². The summed E-state index contributed by atoms with van der Waals surface area (Å²) in [5, 5.41) is 13.7. The number of benzene rings is 3. The van der Waals surface area contributed by atoms with Gasteiger partial charge in [0.2, 0.25) is 0 Å². The highest BCUT2D eigenvalue weighted by molar-refractivity contribution is 6.05. The van der Waals surface area contributed by atoms with Gasteiger partial charge in [0.15, 0.2) is 22.5 Å². The molecular weight excluding hydrogens is 590 g/mol. The molecule has 1 N–H and O–H groups in total. The Bertz CT molecular complexity index is 1710. The molecule has 4 rings (SSSR count). The highest BCUT2D eigenvalue weighted by atomic mass is 35.5. The molecule has 1 aromatic heterocycles. The van der Waals surface area contributed by atoms with Crippen LogP contribution < -0.4 is 20.2 Å². The standard InChI is InChI=1S/C36H41N3O5.ClH/c1-24(2)36(23-37,27-16-17-30(42-5)31(22-27)43-6)18-11-20-39(4)21-19-38-35(41)29-15-10-14-28-32(40)25(3)33(44-34(28)29)26-12-8-7-9-13-26;/h7-10,12-17,22,24H,11,18-21H2,1-6H3,(H,38,41);1H. The maximum absolute atomic E-state index is 13.3. The van der Waals surface area contributed by atoms with E-state index in [9.17, 15) is 14.9 Å². The number of nitriles is 1. The molecule has 0 aliphatic rings. The third kappa shape index (κ3) is 7.50. The van der Waals surface area contributed by atoms with Crippen molar-refractivity contribution in [3.8, 4) is 28.9 Å². The molecule has 9 heteroatoms. The largest absolute Gasteiger partial charge is 0.493 e. The first-order valence-electron chi connectivity index (χ1n) is 14.9. The maximum atomic E-state index is 13.3. The van der Waals surface area contributed by atoms with E-state index in [0.717, 1.165) is 24.1 Å². The first kappa shape index (κ1) is 35.2. The van der Waals surface area contributed by atoms with Crippen LogP contribution in [0.4, 0.5) is 0 Å². The van der Waals surface area contributed by atoms with Crippen molar-refractivity contribution in [1.29, 1.82) is 5.26 Å². The minimum atomic E-state index is -0.677. The number of carbonyl (C=O) groups is 1. The molecule has 8 nitrogen and oxygen atoms in total. The molecule has 0 aliphatic carbocycles. The predicted molar refractivity (Wildman–Crippen MR) is 181 cm³/mol. The van der Waals surface area contributed by atoms with Crippen LogP contribution in [-0.2, 0) is 5.41 Å². The molecule has 3 aromatic carbocycles. The second kappa shape index (κ2) is 15.6. The number of hydrogen-bond acceptors (Lipinski definition) is 7. The number of nitrogens with one attached hydrogen (secondary N) is 1. The lowest BCUT2D eigenvalue weighted by Crippen LogP contribution is -2.35. The number of nitrogens with zero attached hydrogens (tertiary/aromatic N) is 2. The number of ether oxygens (including phenoxy) is 2. The highest BCUT2D eigenvalue weighted by Gasteiger charge is 2.36. The summed E-state index contributed by atoms with van der Waals surface area (Å²) in [6.45, 7) is 7.66. The van der Waals surface area contributed by atoms with Gasteiger partial charge in [-0.1, -0.05) is 56.3 Å². The van der Waals surface area contributed by atoms with E-state index in [4.69, 9.17) is 13.9 Å². The third-order valence-corrected chi connectivity index (χ3v) is 8.40. The van der Waals surface area contributed by atoms with Crippen molar-refractivity contribution >= 4 is 29.3 Å². The third-order valence-electron chi connectivity index (χ3n) is 8.40. The highest BCUT2D eigenvalue weighted by Crippen LogP contribution is 2.40. The van der Waals surface area contributed by atoms with Crippen molar-refractivity contribution in [2.24, 2.45) is 5.92 Å². The number of fused-ring (bicyclic) bond motifs is 1. The molecule has 0 spiro atoms. The fraction of sp³-hybridized carbons (Fsp3) is 0.361. The lowest BCUT2D eigenvalue weighted by molar-refractivity contribution is 0.0950. The summed E-state index contributed by atoms with van der Waals surface area (Å²) in [4.78, 5) is 28.5. The number of likely N-dealkylation sites (N-methyl/N-ethyl adjacent to an activating group) is 1. The number of rotatable bonds is 13. The van der Waals surface area contributed by atoms with Crippen molar-refractivity contribution in [2.45, 2.75) is 39.0 Å². The van der Waals surface area contributed by atoms with Crippen molar-refractivity contribution in [1.82, 2.24) is 10.2 Å². The summed E-state index contributed by atoms with van der Waals surface area (Å²) in [6.07, 6.45) is 1.46. The van der Waals surface area contributed by atoms with Crippen LogP contribution in [0.3, 0.4) is 0 Å². The monoisotopic (exact) mass is 631 g/mol. The first-order valence-corrected chi connectivity index (χ1v) is 14.9. The van der Waals surface area contributed by atoms with Gasteiger partial charge >= 0.3 is 0 Å². The van der Waals surface area contributed by atoms with E-state index in [1.54, 1.807) is 39.3 Å². The zero-order valence-corrected chi connectivity index (χ0v) is 27.6. The molecule has 4 aromatic rings. The number of carbonyl (C=O) groups excluding carboxylic acids is 1. The molecule has 0 bridgehead atoms. The molecule has 1 atom stereocenters. The lowest BCUT2D eigenvalue weighted by atomic mass is 9.69. The Kier molecular flexibility index (Phi) is 12.2. The Labute approximate surface area is 271 Å². The molecular formula is C36H42ClN3O5. The fourth-order valence-electron chi connectivity index (χ4n) is 5.68. The van der Waals surface area contributed by atoms with Crippen LogP contribution in [0.5, 0.6) is 11.5 Å². The van der Waals surface area contributed by atoms with Gasteiger partial charge in [0.1, 0.15) is 5.76 Å². The zero-order chi connectivity index (χ0) is 31.9. The average Bonchev–Trinajstić information content (AvgIpc) is 3.04. The predicted octanol–water partition coefficient (Wildman–Crippen LogP) is 6.77. The van der Waals surface area contributed by atoms with Crippen LogP contribution in [0.2, 0.25) is 0 Å². The van der Waals surface area contributed by atoms with Gasteiger partial charge in [-0.15, -0.1) is 12.4 Å². The average molecular weight is 632 g/mol. The summed E-state index contributed by atoms with van der Waals surface area (Å²) in [5.41, 5.74) is 1.98. The van der Waals surface area contributed by atoms with Gasteiger partial charge in [-0.05, 0) is 69.1 Å². The Hall–Kier alpha value is -4.32. The second-order valence-corrected chi connectivity index (χ2v) is 11.4. The quantitative estimate of drug-likeness (QED) is 0.174. The Balaban J connectivity index is 0.00000552. The molecule has 238 valence electrons. The van der Waals surface area contributed by atoms with Crippen LogP contribution >= 0.6 is 12.4 Å². The molecule has 0 radical (unpaired) electrons. The van der Waals surface area contributed by atoms with Gasteiger partial charge in [0.25, 0.3) is 5.91 Å². The number of para-hydroxylation sites is 1. The zero-order valence-electron chi connectivity index (χ0n) is 26.8. The van der Waals surface area contributed by atoms with E-state index in [-0.39, 0.29) is 35.2 Å². The van der Waals surface area contributed by atoms with Crippen LogP contribution in [0.1, 0.15) is 48.2 Å². The summed E-state index contributed by atoms with van der Waals surface area (Å²) >= 11 is 0. The summed E-state index contributed by atoms with van der Waals surface area (Å²) in [7, 11) is 5.19. The molecule has 0 aliphatic heterocycles. The smallest absolute Gasteiger partial charge is 0.255 e. The van der Waals surface area contributed by atoms with Crippen LogP contribution in [0.25, 0.3) is 22.3 Å². The van der Waals surface area contributed by atoms with Gasteiger partial charge in [-0.25, -0.2) is 0 Å². The first-order chi connectivity index (χ1) is 21.2. The molecule has 45 heavy (non-hydrogen) atoms. The molecule has 1 amide bonds. The molecule has 1 heterocycles. The van der Waals surface area contributed by atoms with E-state index in [1.165, 1.54) is 0 Å². The van der Waals surface area contributed by atoms with Crippen molar-refractivity contribution < 1.29 is 18.7 Å². The lowest BCUT2D eigenvalue weighted by Gasteiger charge is -2.32. The SMILES string of the molecule is COc1ccc(C(C#N)(CCCN(C)CCNC(=O)c2cccc3c(=O)c(C)c(-c4ccccc4)oc23)C(C)C)cc1OC.Cl. The Morgan fingerprint density at radius 2 is 1.73 bits per heavy atom. The van der Waals surface area contributed by atoms with Gasteiger partial charge in [0.05, 0.1) is 36.7 Å². The molecule has 0 fully saturated rings. The van der Waals surface area contributed by atoms with E-state index in [2.05, 4.69) is 30.1 Å². The topological polar surface area (TPSA) is 105 Å². The number of halogens is 1. The fourth-order valence-corrected chi connectivity index (χ4v) is 5.68. The Morgan fingerprint density at radius 3 is 2.38 bits per heavy atom. The second-order valence-electron chi connectivity index (χ2n) is 11.4. The van der Waals surface area contributed by atoms with Gasteiger partial charge in [0, 0.05) is 24.2 Å². The van der Waals surface area contributed by atoms with E-state index >= 15 is 0 Å². The van der Waals surface area contributed by atoms with Crippen molar-refractivity contribution in [3.05, 3.63) is 93.6 Å². The summed E-state index contributed by atoms with van der Waals surface area (Å²) in [5.74, 6) is 1.49. The maximum Gasteiger partial charge on any atom is 0.255 e. The van der Waals surface area contributed by atoms with E-state index < -0.39 is 5.41 Å². The van der Waals surface area contributed by atoms with Crippen molar-refractivity contribution in [3.63, 3.8) is 0 Å². The molecule has 1 unspecified atom stereocenters. The summed E-state index contributed by atoms with van der Waals surface area (Å²) < 4.78 is 17.1. The molecule has 0 saturated heterocycles. The van der Waals surface area contributed by atoms with Gasteiger partial charge in [-0.2, -0.15) is 5.26 Å². The normalized spacial score (nSPS) is 12.3. The molecule has 0 saturated carbocycles.